The van der Waals surface area contributed by atoms with Crippen LogP contribution in [0.3, 0.4) is 0 Å². The lowest BCUT2D eigenvalue weighted by Crippen LogP contribution is -2.27. The Labute approximate surface area is 98.7 Å². The van der Waals surface area contributed by atoms with Gasteiger partial charge in [-0.2, -0.15) is 0 Å². The van der Waals surface area contributed by atoms with Crippen LogP contribution in [-0.4, -0.2) is 22.6 Å². The molecule has 2 aromatic rings. The topological polar surface area (TPSA) is 61.2 Å². The lowest BCUT2D eigenvalue weighted by molar-refractivity contribution is 0.0591. The van der Waals surface area contributed by atoms with Crippen LogP contribution in [0.1, 0.15) is 17.9 Å². The van der Waals surface area contributed by atoms with E-state index in [9.17, 15) is 9.59 Å². The summed E-state index contributed by atoms with van der Waals surface area (Å²) in [6.45, 7) is 0. The fraction of sp³-hybridized carbons (Fsp3) is 0.250. The number of benzene rings is 1. The van der Waals surface area contributed by atoms with Crippen LogP contribution in [0.25, 0.3) is 11.0 Å². The van der Waals surface area contributed by atoms with Gasteiger partial charge in [-0.05, 0) is 12.1 Å². The van der Waals surface area contributed by atoms with Crippen molar-refractivity contribution in [3.63, 3.8) is 0 Å². The first-order valence-corrected chi connectivity index (χ1v) is 4.69. The summed E-state index contributed by atoms with van der Waals surface area (Å²) in [6, 6.07) is 7.11. The zero-order valence-corrected chi connectivity index (χ0v) is 8.93. The van der Waals surface area contributed by atoms with E-state index in [0.717, 1.165) is 0 Å². The molecule has 5 heteroatoms. The number of aromatic nitrogens is 2. The van der Waals surface area contributed by atoms with E-state index in [1.165, 1.54) is 11.7 Å². The summed E-state index contributed by atoms with van der Waals surface area (Å²) in [7, 11) is 2.82. The molecule has 2 rings (SSSR count). The van der Waals surface area contributed by atoms with Gasteiger partial charge in [0.05, 0.1) is 18.1 Å². The minimum absolute atomic E-state index is 0. The highest BCUT2D eigenvalue weighted by molar-refractivity contribution is 5.89. The van der Waals surface area contributed by atoms with Crippen molar-refractivity contribution in [1.82, 2.24) is 9.55 Å². The summed E-state index contributed by atoms with van der Waals surface area (Å²) in [5.74, 6) is -0.716. The second-order valence-electron chi connectivity index (χ2n) is 3.30. The molecule has 1 aromatic heterocycles. The van der Waals surface area contributed by atoms with Gasteiger partial charge in [0.1, 0.15) is 0 Å². The van der Waals surface area contributed by atoms with Crippen molar-refractivity contribution in [3.05, 3.63) is 40.3 Å². The normalized spacial score (nSPS) is 9.76. The van der Waals surface area contributed by atoms with Gasteiger partial charge >= 0.3 is 5.97 Å². The summed E-state index contributed by atoms with van der Waals surface area (Å²) in [4.78, 5) is 27.1. The molecule has 1 heterocycles. The van der Waals surface area contributed by atoms with E-state index in [0.29, 0.717) is 11.0 Å². The molecule has 0 unspecified atom stereocenters. The Bertz CT molecular complexity index is 617. The summed E-state index contributed by atoms with van der Waals surface area (Å²) < 4.78 is 5.89. The SMILES string of the molecule is C.COC(=O)c1nc2ccccc2n(C)c1=O. The number of ether oxygens (including phenoxy) is 1. The van der Waals surface area contributed by atoms with Crippen LogP contribution in [0.15, 0.2) is 29.1 Å². The van der Waals surface area contributed by atoms with E-state index >= 15 is 0 Å². The van der Waals surface area contributed by atoms with E-state index in [1.807, 2.05) is 0 Å². The number of carbonyl (C=O) groups excluding carboxylic acids is 1. The molecule has 0 amide bonds. The first-order valence-electron chi connectivity index (χ1n) is 4.69. The fourth-order valence-corrected chi connectivity index (χ4v) is 1.51. The van der Waals surface area contributed by atoms with Crippen molar-refractivity contribution < 1.29 is 9.53 Å². The molecular weight excluding hydrogens is 220 g/mol. The van der Waals surface area contributed by atoms with Crippen LogP contribution in [0.5, 0.6) is 0 Å². The molecule has 17 heavy (non-hydrogen) atoms. The zero-order chi connectivity index (χ0) is 11.7. The number of fused-ring (bicyclic) bond motifs is 1. The Morgan fingerprint density at radius 3 is 2.65 bits per heavy atom. The van der Waals surface area contributed by atoms with E-state index in [2.05, 4.69) is 9.72 Å². The largest absolute Gasteiger partial charge is 0.464 e. The maximum atomic E-state index is 11.8. The maximum Gasteiger partial charge on any atom is 0.362 e. The molecule has 0 aliphatic heterocycles. The number of aryl methyl sites for hydroxylation is 1. The van der Waals surface area contributed by atoms with Gasteiger partial charge in [-0.15, -0.1) is 0 Å². The number of hydrogen-bond acceptors (Lipinski definition) is 4. The third-order valence-corrected chi connectivity index (χ3v) is 2.36. The van der Waals surface area contributed by atoms with Crippen LogP contribution in [0.2, 0.25) is 0 Å². The predicted molar refractivity (Wildman–Crippen MR) is 65.1 cm³/mol. The Balaban J connectivity index is 0.00000144. The highest BCUT2D eigenvalue weighted by Gasteiger charge is 2.15. The molecule has 90 valence electrons. The maximum absolute atomic E-state index is 11.8. The monoisotopic (exact) mass is 234 g/mol. The van der Waals surface area contributed by atoms with Crippen LogP contribution in [0.4, 0.5) is 0 Å². The fourth-order valence-electron chi connectivity index (χ4n) is 1.51. The summed E-state index contributed by atoms with van der Waals surface area (Å²) in [5.41, 5.74) is 0.624. The Hall–Kier alpha value is -2.17. The average Bonchev–Trinajstić information content (AvgIpc) is 2.33. The molecule has 0 radical (unpaired) electrons. The number of hydrogen-bond donors (Lipinski definition) is 0. The van der Waals surface area contributed by atoms with Crippen molar-refractivity contribution >= 4 is 17.0 Å². The molecular formula is C12H14N2O3. The quantitative estimate of drug-likeness (QED) is 0.699. The lowest BCUT2D eigenvalue weighted by Gasteiger charge is -2.05. The van der Waals surface area contributed by atoms with E-state index < -0.39 is 11.5 Å². The van der Waals surface area contributed by atoms with Crippen molar-refractivity contribution in [2.75, 3.05) is 7.11 Å². The van der Waals surface area contributed by atoms with Gasteiger partial charge in [-0.1, -0.05) is 19.6 Å². The molecule has 0 fully saturated rings. The minimum atomic E-state index is -0.716. The number of nitrogens with zero attached hydrogens (tertiary/aromatic N) is 2. The molecule has 0 saturated heterocycles. The highest BCUT2D eigenvalue weighted by atomic mass is 16.5. The molecule has 0 aliphatic rings. The van der Waals surface area contributed by atoms with E-state index in [-0.39, 0.29) is 13.1 Å². The van der Waals surface area contributed by atoms with Crippen molar-refractivity contribution in [3.8, 4) is 0 Å². The number of rotatable bonds is 1. The Kier molecular flexibility index (Phi) is 3.62. The standard InChI is InChI=1S/C11H10N2O3.CH4/c1-13-8-6-4-3-5-7(8)12-9(10(13)14)11(15)16-2;/h3-6H,1-2H3;1H4. The van der Waals surface area contributed by atoms with Crippen LogP contribution < -0.4 is 5.56 Å². The summed E-state index contributed by atoms with van der Waals surface area (Å²) in [6.07, 6.45) is 0. The number of carbonyl (C=O) groups is 1. The van der Waals surface area contributed by atoms with E-state index in [4.69, 9.17) is 0 Å². The average molecular weight is 234 g/mol. The Morgan fingerprint density at radius 1 is 1.35 bits per heavy atom. The summed E-state index contributed by atoms with van der Waals surface area (Å²) >= 11 is 0. The number of para-hydroxylation sites is 2. The molecule has 0 N–H and O–H groups in total. The van der Waals surface area contributed by atoms with Gasteiger partial charge in [0.25, 0.3) is 5.56 Å². The van der Waals surface area contributed by atoms with Crippen molar-refractivity contribution in [2.24, 2.45) is 7.05 Å². The van der Waals surface area contributed by atoms with Gasteiger partial charge < -0.3 is 9.30 Å². The van der Waals surface area contributed by atoms with Gasteiger partial charge in [0.15, 0.2) is 0 Å². The van der Waals surface area contributed by atoms with E-state index in [1.54, 1.807) is 31.3 Å². The molecule has 0 bridgehead atoms. The Morgan fingerprint density at radius 2 is 2.00 bits per heavy atom. The molecule has 0 spiro atoms. The lowest BCUT2D eigenvalue weighted by atomic mass is 10.3. The van der Waals surface area contributed by atoms with Gasteiger partial charge in [-0.25, -0.2) is 9.78 Å². The molecule has 5 nitrogen and oxygen atoms in total. The third-order valence-electron chi connectivity index (χ3n) is 2.36. The second kappa shape index (κ2) is 4.78. The first-order chi connectivity index (χ1) is 7.65. The molecule has 0 saturated carbocycles. The minimum Gasteiger partial charge on any atom is -0.464 e. The van der Waals surface area contributed by atoms with Crippen LogP contribution in [0, 0.1) is 0 Å². The van der Waals surface area contributed by atoms with Crippen molar-refractivity contribution in [2.45, 2.75) is 7.43 Å². The van der Waals surface area contributed by atoms with Crippen molar-refractivity contribution in [1.29, 1.82) is 0 Å². The summed E-state index contributed by atoms with van der Waals surface area (Å²) in [5, 5.41) is 0. The third kappa shape index (κ3) is 2.04. The smallest absolute Gasteiger partial charge is 0.362 e. The number of esters is 1. The molecule has 0 aliphatic carbocycles. The van der Waals surface area contributed by atoms with Gasteiger partial charge in [0, 0.05) is 7.05 Å². The second-order valence-corrected chi connectivity index (χ2v) is 3.30. The first kappa shape index (κ1) is 12.9. The zero-order valence-electron chi connectivity index (χ0n) is 8.93. The molecule has 1 aromatic carbocycles. The molecule has 0 atom stereocenters. The highest BCUT2D eigenvalue weighted by Crippen LogP contribution is 2.08. The van der Waals surface area contributed by atoms with Gasteiger partial charge in [-0.3, -0.25) is 4.79 Å². The van der Waals surface area contributed by atoms with Crippen LogP contribution >= 0.6 is 0 Å². The van der Waals surface area contributed by atoms with Crippen LogP contribution in [-0.2, 0) is 11.8 Å². The predicted octanol–water partition coefficient (Wildman–Crippen LogP) is 1.36. The van der Waals surface area contributed by atoms with Gasteiger partial charge in [0.2, 0.25) is 5.69 Å². The number of methoxy groups -OCH3 is 1.